The number of carbonyl (C=O) groups is 1. The van der Waals surface area contributed by atoms with Crippen molar-refractivity contribution in [1.29, 1.82) is 0 Å². The number of nitrogens with two attached hydrogens (primary N) is 1. The minimum Gasteiger partial charge on any atom is -0.339 e. The maximum Gasteiger partial charge on any atom is 0.242 e. The predicted octanol–water partition coefficient (Wildman–Crippen LogP) is 0.269. The highest BCUT2D eigenvalue weighted by Crippen LogP contribution is 2.19. The Hall–Kier alpha value is -1.92. The molecule has 2 N–H and O–H groups in total. The van der Waals surface area contributed by atoms with Crippen LogP contribution in [0.2, 0.25) is 0 Å². The van der Waals surface area contributed by atoms with Crippen molar-refractivity contribution in [3.8, 4) is 0 Å². The van der Waals surface area contributed by atoms with E-state index in [9.17, 15) is 4.79 Å². The van der Waals surface area contributed by atoms with Crippen molar-refractivity contribution < 1.29 is 4.79 Å². The summed E-state index contributed by atoms with van der Waals surface area (Å²) in [6, 6.07) is 3.90. The second kappa shape index (κ2) is 5.83. The lowest BCUT2D eigenvalue weighted by Gasteiger charge is -2.32. The Morgan fingerprint density at radius 3 is 2.81 bits per heavy atom. The first-order valence-electron chi connectivity index (χ1n) is 7.28. The Morgan fingerprint density at radius 2 is 2.10 bits per heavy atom. The van der Waals surface area contributed by atoms with Gasteiger partial charge in [-0.3, -0.25) is 4.79 Å². The van der Waals surface area contributed by atoms with Crippen LogP contribution in [0.3, 0.4) is 0 Å². The van der Waals surface area contributed by atoms with E-state index in [4.69, 9.17) is 5.73 Å². The van der Waals surface area contributed by atoms with Crippen LogP contribution < -0.4 is 5.73 Å². The molecule has 1 saturated heterocycles. The van der Waals surface area contributed by atoms with Gasteiger partial charge < -0.3 is 20.1 Å². The van der Waals surface area contributed by atoms with E-state index in [-0.39, 0.29) is 5.91 Å². The number of fused-ring (bicyclic) bond motifs is 1. The van der Waals surface area contributed by atoms with Gasteiger partial charge in [0.1, 0.15) is 12.2 Å². The molecule has 6 heteroatoms. The Bertz CT molecular complexity index is 643. The molecule has 1 amide bonds. The van der Waals surface area contributed by atoms with E-state index in [2.05, 4.69) is 16.9 Å². The largest absolute Gasteiger partial charge is 0.339 e. The molecule has 21 heavy (non-hydrogen) atoms. The van der Waals surface area contributed by atoms with Gasteiger partial charge in [-0.1, -0.05) is 0 Å². The molecule has 0 atom stereocenters. The maximum absolute atomic E-state index is 12.4. The Labute approximate surface area is 124 Å². The molecule has 2 aromatic rings. The Balaban J connectivity index is 1.80. The molecule has 0 unspecified atom stereocenters. The molecule has 0 saturated carbocycles. The minimum atomic E-state index is 0.147. The highest BCUT2D eigenvalue weighted by molar-refractivity contribution is 5.83. The zero-order valence-corrected chi connectivity index (χ0v) is 12.3. The van der Waals surface area contributed by atoms with Crippen LogP contribution in [-0.4, -0.2) is 58.5 Å². The number of carbonyl (C=O) groups excluding carboxylic acids is 1. The van der Waals surface area contributed by atoms with Crippen molar-refractivity contribution >= 4 is 16.9 Å². The average Bonchev–Trinajstić information content (AvgIpc) is 2.86. The number of hydrogen-bond donors (Lipinski definition) is 1. The second-order valence-electron chi connectivity index (χ2n) is 5.54. The first-order chi connectivity index (χ1) is 10.2. The highest BCUT2D eigenvalue weighted by Gasteiger charge is 2.20. The standard InChI is InChI=1S/C15H21N5O/c1-18-5-7-19(8-6-18)14(21)11-20-10-12(9-16)13-3-2-4-17-15(13)20/h2-4,10H,5-9,11,16H2,1H3. The molecule has 2 aromatic heterocycles. The van der Waals surface area contributed by atoms with Gasteiger partial charge in [0.05, 0.1) is 0 Å². The number of rotatable bonds is 3. The molecule has 1 fully saturated rings. The van der Waals surface area contributed by atoms with Crippen LogP contribution in [0.25, 0.3) is 11.0 Å². The van der Waals surface area contributed by atoms with Gasteiger partial charge >= 0.3 is 0 Å². The van der Waals surface area contributed by atoms with Crippen LogP contribution in [0.4, 0.5) is 0 Å². The molecule has 0 spiro atoms. The molecule has 0 aliphatic carbocycles. The van der Waals surface area contributed by atoms with Crippen molar-refractivity contribution in [2.24, 2.45) is 5.73 Å². The summed E-state index contributed by atoms with van der Waals surface area (Å²) in [6.07, 6.45) is 3.70. The molecule has 1 aliphatic heterocycles. The molecule has 0 bridgehead atoms. The second-order valence-corrected chi connectivity index (χ2v) is 5.54. The zero-order valence-electron chi connectivity index (χ0n) is 12.3. The third-order valence-electron chi connectivity index (χ3n) is 4.10. The molecule has 0 aromatic carbocycles. The minimum absolute atomic E-state index is 0.147. The molecule has 3 heterocycles. The van der Waals surface area contributed by atoms with Crippen molar-refractivity contribution in [2.45, 2.75) is 13.1 Å². The van der Waals surface area contributed by atoms with E-state index < -0.39 is 0 Å². The normalized spacial score (nSPS) is 16.6. The first kappa shape index (κ1) is 14.0. The van der Waals surface area contributed by atoms with Gasteiger partial charge in [0.25, 0.3) is 0 Å². The topological polar surface area (TPSA) is 67.4 Å². The SMILES string of the molecule is CN1CCN(C(=O)Cn2cc(CN)c3cccnc32)CC1. The number of nitrogens with zero attached hydrogens (tertiary/aromatic N) is 4. The van der Waals surface area contributed by atoms with Crippen LogP contribution in [0.15, 0.2) is 24.5 Å². The number of piperazine rings is 1. The van der Waals surface area contributed by atoms with Crippen molar-refractivity contribution in [3.05, 3.63) is 30.1 Å². The van der Waals surface area contributed by atoms with E-state index in [0.29, 0.717) is 13.1 Å². The van der Waals surface area contributed by atoms with Gasteiger partial charge in [0, 0.05) is 50.5 Å². The summed E-state index contributed by atoms with van der Waals surface area (Å²) in [5.74, 6) is 0.147. The van der Waals surface area contributed by atoms with Crippen LogP contribution in [0.5, 0.6) is 0 Å². The van der Waals surface area contributed by atoms with E-state index in [1.807, 2.05) is 27.8 Å². The lowest BCUT2D eigenvalue weighted by Crippen LogP contribution is -2.48. The van der Waals surface area contributed by atoms with E-state index in [1.165, 1.54) is 0 Å². The Morgan fingerprint density at radius 1 is 1.33 bits per heavy atom. The van der Waals surface area contributed by atoms with Gasteiger partial charge in [0.2, 0.25) is 5.91 Å². The van der Waals surface area contributed by atoms with Gasteiger partial charge in [-0.2, -0.15) is 0 Å². The molecular formula is C15H21N5O. The monoisotopic (exact) mass is 287 g/mol. The average molecular weight is 287 g/mol. The van der Waals surface area contributed by atoms with E-state index >= 15 is 0 Å². The summed E-state index contributed by atoms with van der Waals surface area (Å²) in [5, 5.41) is 1.03. The number of aromatic nitrogens is 2. The maximum atomic E-state index is 12.4. The fourth-order valence-corrected chi connectivity index (χ4v) is 2.78. The number of amides is 1. The fourth-order valence-electron chi connectivity index (χ4n) is 2.78. The smallest absolute Gasteiger partial charge is 0.242 e. The van der Waals surface area contributed by atoms with Crippen molar-refractivity contribution in [2.75, 3.05) is 33.2 Å². The summed E-state index contributed by atoms with van der Waals surface area (Å²) in [6.45, 7) is 4.25. The first-order valence-corrected chi connectivity index (χ1v) is 7.28. The number of hydrogen-bond acceptors (Lipinski definition) is 4. The van der Waals surface area contributed by atoms with E-state index in [0.717, 1.165) is 42.8 Å². The lowest BCUT2D eigenvalue weighted by molar-refractivity contribution is -0.133. The third kappa shape index (κ3) is 2.77. The molecule has 0 radical (unpaired) electrons. The van der Waals surface area contributed by atoms with Gasteiger partial charge in [-0.25, -0.2) is 4.98 Å². The summed E-state index contributed by atoms with van der Waals surface area (Å²) in [7, 11) is 2.08. The quantitative estimate of drug-likeness (QED) is 0.880. The van der Waals surface area contributed by atoms with Crippen molar-refractivity contribution in [1.82, 2.24) is 19.4 Å². The lowest BCUT2D eigenvalue weighted by atomic mass is 10.2. The summed E-state index contributed by atoms with van der Waals surface area (Å²) >= 11 is 0. The van der Waals surface area contributed by atoms with Gasteiger partial charge in [0.15, 0.2) is 0 Å². The van der Waals surface area contributed by atoms with Crippen LogP contribution >= 0.6 is 0 Å². The summed E-state index contributed by atoms with van der Waals surface area (Å²) in [5.41, 5.74) is 7.64. The summed E-state index contributed by atoms with van der Waals surface area (Å²) in [4.78, 5) is 21.0. The summed E-state index contributed by atoms with van der Waals surface area (Å²) < 4.78 is 1.91. The number of pyridine rings is 1. The van der Waals surface area contributed by atoms with Crippen LogP contribution in [-0.2, 0) is 17.9 Å². The number of likely N-dealkylation sites (N-methyl/N-ethyl adjacent to an activating group) is 1. The zero-order chi connectivity index (χ0) is 14.8. The van der Waals surface area contributed by atoms with Crippen LogP contribution in [0, 0.1) is 0 Å². The molecule has 6 nitrogen and oxygen atoms in total. The molecule has 1 aliphatic rings. The highest BCUT2D eigenvalue weighted by atomic mass is 16.2. The van der Waals surface area contributed by atoms with Crippen LogP contribution in [0.1, 0.15) is 5.56 Å². The van der Waals surface area contributed by atoms with Gasteiger partial charge in [-0.05, 0) is 24.7 Å². The molecular weight excluding hydrogens is 266 g/mol. The predicted molar refractivity (Wildman–Crippen MR) is 81.7 cm³/mol. The van der Waals surface area contributed by atoms with Gasteiger partial charge in [-0.15, -0.1) is 0 Å². The fraction of sp³-hybridized carbons (Fsp3) is 0.467. The van der Waals surface area contributed by atoms with E-state index in [1.54, 1.807) is 6.20 Å². The van der Waals surface area contributed by atoms with Crippen molar-refractivity contribution in [3.63, 3.8) is 0 Å². The Kier molecular flexibility index (Phi) is 3.90. The third-order valence-corrected chi connectivity index (χ3v) is 4.10. The molecule has 112 valence electrons. The molecule has 3 rings (SSSR count).